The number of carbonyl (C=O) groups is 1. The normalized spacial score (nSPS) is 10.5. The minimum absolute atomic E-state index is 0.167. The number of halogens is 1. The fraction of sp³-hybridized carbons (Fsp3) is 0.231. The lowest BCUT2D eigenvalue weighted by Gasteiger charge is -2.04. The molecule has 0 aliphatic carbocycles. The smallest absolute Gasteiger partial charge is 0.338 e. The van der Waals surface area contributed by atoms with Crippen LogP contribution >= 0.6 is 22.9 Å². The van der Waals surface area contributed by atoms with Crippen LogP contribution in [0, 0.1) is 13.8 Å². The Kier molecular flexibility index (Phi) is 4.07. The number of ether oxygens (including phenoxy) is 1. The summed E-state index contributed by atoms with van der Waals surface area (Å²) in [5, 5.41) is 1.13. The van der Waals surface area contributed by atoms with Crippen LogP contribution in [0.5, 0.6) is 0 Å². The number of hydrogen-bond donors (Lipinski definition) is 1. The number of benzene rings is 1. The highest BCUT2D eigenvalue weighted by molar-refractivity contribution is 7.11. The molecule has 0 spiro atoms. The molecule has 0 radical (unpaired) electrons. The van der Waals surface area contributed by atoms with Gasteiger partial charge >= 0.3 is 5.97 Å². The maximum Gasteiger partial charge on any atom is 0.338 e. The summed E-state index contributed by atoms with van der Waals surface area (Å²) in [7, 11) is 0. The van der Waals surface area contributed by atoms with Crippen molar-refractivity contribution >= 4 is 34.6 Å². The molecule has 0 unspecified atom stereocenters. The third-order valence-electron chi connectivity index (χ3n) is 2.64. The number of aryl methyl sites for hydroxylation is 2. The molecular formula is C13H13ClN2O2S. The number of anilines is 1. The van der Waals surface area contributed by atoms with E-state index in [1.54, 1.807) is 12.1 Å². The molecule has 0 aliphatic rings. The first-order chi connectivity index (χ1) is 8.97. The van der Waals surface area contributed by atoms with E-state index in [0.29, 0.717) is 16.3 Å². The van der Waals surface area contributed by atoms with Gasteiger partial charge in [0.05, 0.1) is 22.0 Å². The topological polar surface area (TPSA) is 65.2 Å². The zero-order valence-corrected chi connectivity index (χ0v) is 12.1. The predicted octanol–water partition coefficient (Wildman–Crippen LogP) is 3.35. The average molecular weight is 297 g/mol. The number of aromatic nitrogens is 1. The lowest BCUT2D eigenvalue weighted by atomic mass is 10.2. The first kappa shape index (κ1) is 13.8. The largest absolute Gasteiger partial charge is 0.455 e. The number of esters is 1. The molecule has 6 heteroatoms. The molecule has 0 fully saturated rings. The van der Waals surface area contributed by atoms with Gasteiger partial charge in [0, 0.05) is 4.88 Å². The molecule has 0 aliphatic heterocycles. The standard InChI is InChI=1S/C13H13ClN2O2S/c1-7-8(2)19-12(16-7)6-18-13(17)9-3-4-11(15)10(14)5-9/h3-5H,6,15H2,1-2H3. The third kappa shape index (κ3) is 3.24. The molecule has 1 aromatic carbocycles. The molecule has 1 heterocycles. The van der Waals surface area contributed by atoms with Gasteiger partial charge in [-0.05, 0) is 32.0 Å². The van der Waals surface area contributed by atoms with E-state index in [-0.39, 0.29) is 6.61 Å². The Morgan fingerprint density at radius 3 is 2.79 bits per heavy atom. The first-order valence-corrected chi connectivity index (χ1v) is 6.82. The van der Waals surface area contributed by atoms with Gasteiger partial charge in [-0.3, -0.25) is 0 Å². The fourth-order valence-electron chi connectivity index (χ4n) is 1.47. The van der Waals surface area contributed by atoms with Gasteiger partial charge in [-0.25, -0.2) is 9.78 Å². The van der Waals surface area contributed by atoms with Crippen molar-refractivity contribution in [3.63, 3.8) is 0 Å². The number of nitrogens with zero attached hydrogens (tertiary/aromatic N) is 1. The Morgan fingerprint density at radius 2 is 2.21 bits per heavy atom. The summed E-state index contributed by atoms with van der Waals surface area (Å²) in [6, 6.07) is 4.66. The molecule has 1 aromatic heterocycles. The van der Waals surface area contributed by atoms with Crippen LogP contribution in [-0.2, 0) is 11.3 Å². The van der Waals surface area contributed by atoms with Crippen LogP contribution in [0.15, 0.2) is 18.2 Å². The maximum absolute atomic E-state index is 11.8. The lowest BCUT2D eigenvalue weighted by molar-refractivity contribution is 0.0472. The minimum Gasteiger partial charge on any atom is -0.455 e. The highest BCUT2D eigenvalue weighted by Gasteiger charge is 2.11. The Labute approximate surface area is 120 Å². The van der Waals surface area contributed by atoms with Crippen molar-refractivity contribution in [1.82, 2.24) is 4.98 Å². The maximum atomic E-state index is 11.8. The van der Waals surface area contributed by atoms with Gasteiger partial charge < -0.3 is 10.5 Å². The van der Waals surface area contributed by atoms with E-state index in [1.165, 1.54) is 17.4 Å². The quantitative estimate of drug-likeness (QED) is 0.697. The number of nitrogen functional groups attached to an aromatic ring is 1. The summed E-state index contributed by atoms with van der Waals surface area (Å²) in [6.07, 6.45) is 0. The van der Waals surface area contributed by atoms with Gasteiger partial charge in [0.2, 0.25) is 0 Å². The SMILES string of the molecule is Cc1nc(COC(=O)c2ccc(N)c(Cl)c2)sc1C. The van der Waals surface area contributed by atoms with Crippen molar-refractivity contribution < 1.29 is 9.53 Å². The van der Waals surface area contributed by atoms with E-state index in [4.69, 9.17) is 22.1 Å². The molecule has 19 heavy (non-hydrogen) atoms. The summed E-state index contributed by atoms with van der Waals surface area (Å²) in [5.74, 6) is -0.438. The highest BCUT2D eigenvalue weighted by Crippen LogP contribution is 2.21. The van der Waals surface area contributed by atoms with Gasteiger partial charge in [0.15, 0.2) is 0 Å². The Morgan fingerprint density at radius 1 is 1.47 bits per heavy atom. The second kappa shape index (κ2) is 5.59. The number of rotatable bonds is 3. The monoisotopic (exact) mass is 296 g/mol. The molecule has 0 bridgehead atoms. The average Bonchev–Trinajstić information content (AvgIpc) is 2.69. The summed E-state index contributed by atoms with van der Waals surface area (Å²) < 4.78 is 5.19. The summed E-state index contributed by atoms with van der Waals surface area (Å²) in [5.41, 5.74) is 7.36. The lowest BCUT2D eigenvalue weighted by Crippen LogP contribution is -2.05. The van der Waals surface area contributed by atoms with Crippen molar-refractivity contribution in [3.8, 4) is 0 Å². The van der Waals surface area contributed by atoms with Crippen molar-refractivity contribution in [3.05, 3.63) is 44.4 Å². The molecular weight excluding hydrogens is 284 g/mol. The van der Waals surface area contributed by atoms with Crippen LogP contribution in [0.4, 0.5) is 5.69 Å². The zero-order chi connectivity index (χ0) is 14.0. The number of hydrogen-bond acceptors (Lipinski definition) is 5. The molecule has 2 rings (SSSR count). The first-order valence-electron chi connectivity index (χ1n) is 5.62. The molecule has 4 nitrogen and oxygen atoms in total. The van der Waals surface area contributed by atoms with E-state index in [0.717, 1.165) is 15.6 Å². The van der Waals surface area contributed by atoms with Crippen LogP contribution in [0.2, 0.25) is 5.02 Å². The van der Waals surface area contributed by atoms with Crippen LogP contribution in [0.25, 0.3) is 0 Å². The Balaban J connectivity index is 2.03. The molecule has 100 valence electrons. The van der Waals surface area contributed by atoms with Crippen molar-refractivity contribution in [2.45, 2.75) is 20.5 Å². The molecule has 0 saturated heterocycles. The van der Waals surface area contributed by atoms with Crippen molar-refractivity contribution in [2.75, 3.05) is 5.73 Å². The number of nitrogens with two attached hydrogens (primary N) is 1. The van der Waals surface area contributed by atoms with E-state index < -0.39 is 5.97 Å². The molecule has 2 aromatic rings. The fourth-order valence-corrected chi connectivity index (χ4v) is 2.49. The molecule has 0 atom stereocenters. The van der Waals surface area contributed by atoms with E-state index in [2.05, 4.69) is 4.98 Å². The molecule has 0 saturated carbocycles. The van der Waals surface area contributed by atoms with Crippen molar-refractivity contribution in [1.29, 1.82) is 0 Å². The second-order valence-electron chi connectivity index (χ2n) is 4.06. The van der Waals surface area contributed by atoms with Crippen LogP contribution in [-0.4, -0.2) is 11.0 Å². The van der Waals surface area contributed by atoms with Crippen molar-refractivity contribution in [2.24, 2.45) is 0 Å². The van der Waals surface area contributed by atoms with Gasteiger partial charge in [0.1, 0.15) is 11.6 Å². The van der Waals surface area contributed by atoms with Gasteiger partial charge in [-0.15, -0.1) is 11.3 Å². The minimum atomic E-state index is -0.438. The van der Waals surface area contributed by atoms with Crippen LogP contribution in [0.3, 0.4) is 0 Å². The predicted molar refractivity (Wildman–Crippen MR) is 76.6 cm³/mol. The zero-order valence-electron chi connectivity index (χ0n) is 10.6. The third-order valence-corrected chi connectivity index (χ3v) is 4.01. The van der Waals surface area contributed by atoms with Crippen LogP contribution < -0.4 is 5.73 Å². The Bertz CT molecular complexity index is 606. The van der Waals surface area contributed by atoms with Gasteiger partial charge in [0.25, 0.3) is 0 Å². The summed E-state index contributed by atoms with van der Waals surface area (Å²) in [6.45, 7) is 4.08. The van der Waals surface area contributed by atoms with E-state index in [9.17, 15) is 4.79 Å². The van der Waals surface area contributed by atoms with E-state index in [1.807, 2.05) is 13.8 Å². The van der Waals surface area contributed by atoms with Gasteiger partial charge in [-0.1, -0.05) is 11.6 Å². The molecule has 0 amide bonds. The Hall–Kier alpha value is -1.59. The van der Waals surface area contributed by atoms with E-state index >= 15 is 0 Å². The second-order valence-corrected chi connectivity index (χ2v) is 5.76. The summed E-state index contributed by atoms with van der Waals surface area (Å²) >= 11 is 7.38. The van der Waals surface area contributed by atoms with Gasteiger partial charge in [-0.2, -0.15) is 0 Å². The molecule has 2 N–H and O–H groups in total. The van der Waals surface area contributed by atoms with Crippen LogP contribution in [0.1, 0.15) is 25.9 Å². The number of carbonyl (C=O) groups excluding carboxylic acids is 1. The number of thiazole rings is 1. The highest BCUT2D eigenvalue weighted by atomic mass is 35.5. The summed E-state index contributed by atoms with van der Waals surface area (Å²) in [4.78, 5) is 17.3.